The van der Waals surface area contributed by atoms with Gasteiger partial charge in [0.2, 0.25) is 5.95 Å². The van der Waals surface area contributed by atoms with Gasteiger partial charge in [-0.15, -0.1) is 11.3 Å². The lowest BCUT2D eigenvalue weighted by Crippen LogP contribution is -2.45. The summed E-state index contributed by atoms with van der Waals surface area (Å²) in [6.07, 6.45) is 1.00. The van der Waals surface area contributed by atoms with Crippen LogP contribution in [0.5, 0.6) is 0 Å². The molecule has 6 nitrogen and oxygen atoms in total. The highest BCUT2D eigenvalue weighted by atomic mass is 32.1. The van der Waals surface area contributed by atoms with Crippen LogP contribution in [0.4, 0.5) is 11.8 Å². The maximum absolute atomic E-state index is 9.08. The van der Waals surface area contributed by atoms with Crippen molar-refractivity contribution in [2.24, 2.45) is 0 Å². The van der Waals surface area contributed by atoms with Crippen LogP contribution in [0.3, 0.4) is 0 Å². The molecule has 0 aliphatic carbocycles. The number of thiophene rings is 1. The molecule has 1 aliphatic rings. The molecule has 0 saturated carbocycles. The molecule has 1 fully saturated rings. The summed E-state index contributed by atoms with van der Waals surface area (Å²) in [5.41, 5.74) is 0. The fourth-order valence-corrected chi connectivity index (χ4v) is 3.55. The summed E-state index contributed by atoms with van der Waals surface area (Å²) in [7, 11) is 2.14. The smallest absolute Gasteiger partial charge is 0.228 e. The summed E-state index contributed by atoms with van der Waals surface area (Å²) in [6, 6.07) is 2.16. The van der Waals surface area contributed by atoms with E-state index in [-0.39, 0.29) is 6.61 Å². The average molecular weight is 321 g/mol. The van der Waals surface area contributed by atoms with Crippen molar-refractivity contribution in [2.75, 3.05) is 56.6 Å². The molecule has 1 aliphatic heterocycles. The highest BCUT2D eigenvalue weighted by Gasteiger charge is 2.19. The fourth-order valence-electron chi connectivity index (χ4n) is 2.59. The predicted octanol–water partition coefficient (Wildman–Crippen LogP) is 1.41. The normalized spacial score (nSPS) is 16.4. The first-order valence-electron chi connectivity index (χ1n) is 7.80. The van der Waals surface area contributed by atoms with Crippen molar-refractivity contribution in [1.29, 1.82) is 0 Å². The highest BCUT2D eigenvalue weighted by molar-refractivity contribution is 7.18. The molecule has 0 bridgehead atoms. The predicted molar refractivity (Wildman–Crippen MR) is 92.1 cm³/mol. The number of anilines is 2. The third-order valence-electron chi connectivity index (χ3n) is 3.97. The number of aliphatic hydroxyl groups excluding tert-OH is 1. The highest BCUT2D eigenvalue weighted by Crippen LogP contribution is 2.31. The number of likely N-dealkylation sites (N-methyl/N-ethyl adjacent to an activating group) is 1. The lowest BCUT2D eigenvalue weighted by molar-refractivity contribution is 0.310. The Hall–Kier alpha value is -1.44. The van der Waals surface area contributed by atoms with Gasteiger partial charge >= 0.3 is 0 Å². The first-order valence-corrected chi connectivity index (χ1v) is 8.61. The number of hydrogen-bond donors (Lipinski definition) is 2. The van der Waals surface area contributed by atoms with Crippen molar-refractivity contribution in [1.82, 2.24) is 14.9 Å². The van der Waals surface area contributed by atoms with Crippen LogP contribution in [0.1, 0.15) is 11.8 Å². The van der Waals surface area contributed by atoms with Gasteiger partial charge in [0.1, 0.15) is 10.6 Å². The topological polar surface area (TPSA) is 64.5 Å². The van der Waals surface area contributed by atoms with Crippen LogP contribution in [0.25, 0.3) is 10.2 Å². The van der Waals surface area contributed by atoms with Crippen molar-refractivity contribution >= 4 is 33.3 Å². The SMILES string of the molecule is CCc1cc2c(NCCO)nc(N3CCN(C)CC3)nc2s1. The van der Waals surface area contributed by atoms with Crippen LogP contribution in [-0.4, -0.2) is 66.4 Å². The van der Waals surface area contributed by atoms with Gasteiger partial charge in [-0.3, -0.25) is 0 Å². The van der Waals surface area contributed by atoms with Crippen LogP contribution >= 0.6 is 11.3 Å². The first kappa shape index (κ1) is 15.5. The van der Waals surface area contributed by atoms with Gasteiger partial charge in [-0.05, 0) is 19.5 Å². The second-order valence-electron chi connectivity index (χ2n) is 5.60. The van der Waals surface area contributed by atoms with Gasteiger partial charge in [0.05, 0.1) is 12.0 Å². The lowest BCUT2D eigenvalue weighted by atomic mass is 10.3. The van der Waals surface area contributed by atoms with Gasteiger partial charge < -0.3 is 20.2 Å². The molecule has 0 aromatic carbocycles. The second kappa shape index (κ2) is 6.76. The monoisotopic (exact) mass is 321 g/mol. The molecule has 3 heterocycles. The number of piperazine rings is 1. The molecule has 120 valence electrons. The number of hydrogen-bond acceptors (Lipinski definition) is 7. The molecule has 1 saturated heterocycles. The molecule has 3 rings (SSSR count). The van der Waals surface area contributed by atoms with Crippen molar-refractivity contribution < 1.29 is 5.11 Å². The van der Waals surface area contributed by atoms with E-state index in [0.717, 1.165) is 54.6 Å². The molecule has 0 radical (unpaired) electrons. The fraction of sp³-hybridized carbons (Fsp3) is 0.600. The largest absolute Gasteiger partial charge is 0.395 e. The molecular weight excluding hydrogens is 298 g/mol. The number of nitrogens with zero attached hydrogens (tertiary/aromatic N) is 4. The standard InChI is InChI=1S/C15H23N5OS/c1-3-11-10-12-13(16-4-9-21)17-15(18-14(12)22-11)20-7-5-19(2)6-8-20/h10,21H,3-9H2,1-2H3,(H,16,17,18). The molecule has 0 amide bonds. The van der Waals surface area contributed by atoms with Crippen LogP contribution in [0.15, 0.2) is 6.07 Å². The van der Waals surface area contributed by atoms with E-state index in [1.807, 2.05) is 0 Å². The van der Waals surface area contributed by atoms with Gasteiger partial charge in [-0.2, -0.15) is 4.98 Å². The summed E-state index contributed by atoms with van der Waals surface area (Å²) < 4.78 is 0. The molecule has 2 aromatic heterocycles. The second-order valence-corrected chi connectivity index (χ2v) is 6.71. The maximum Gasteiger partial charge on any atom is 0.228 e. The molecule has 0 unspecified atom stereocenters. The summed E-state index contributed by atoms with van der Waals surface area (Å²) in [6.45, 7) is 6.73. The third-order valence-corrected chi connectivity index (χ3v) is 5.14. The Kier molecular flexibility index (Phi) is 4.75. The zero-order valence-electron chi connectivity index (χ0n) is 13.2. The van der Waals surface area contributed by atoms with Crippen LogP contribution < -0.4 is 10.2 Å². The zero-order valence-corrected chi connectivity index (χ0v) is 14.0. The Bertz CT molecular complexity index is 636. The number of nitrogens with one attached hydrogen (secondary N) is 1. The van der Waals surface area contributed by atoms with Crippen LogP contribution in [-0.2, 0) is 6.42 Å². The van der Waals surface area contributed by atoms with Crippen LogP contribution in [0.2, 0.25) is 0 Å². The van der Waals surface area contributed by atoms with E-state index < -0.39 is 0 Å². The van der Waals surface area contributed by atoms with Gasteiger partial charge in [-0.25, -0.2) is 4.98 Å². The summed E-state index contributed by atoms with van der Waals surface area (Å²) in [5.74, 6) is 1.63. The van der Waals surface area contributed by atoms with Gasteiger partial charge in [0.25, 0.3) is 0 Å². The number of aryl methyl sites for hydroxylation is 1. The molecule has 22 heavy (non-hydrogen) atoms. The average Bonchev–Trinajstić information content (AvgIpc) is 2.96. The minimum absolute atomic E-state index is 0.0973. The van der Waals surface area contributed by atoms with Crippen molar-refractivity contribution in [3.8, 4) is 0 Å². The molecule has 0 atom stereocenters. The van der Waals surface area contributed by atoms with Crippen molar-refractivity contribution in [3.05, 3.63) is 10.9 Å². The minimum atomic E-state index is 0.0973. The summed E-state index contributed by atoms with van der Waals surface area (Å²) in [5, 5.41) is 13.4. The maximum atomic E-state index is 9.08. The lowest BCUT2D eigenvalue weighted by Gasteiger charge is -2.32. The summed E-state index contributed by atoms with van der Waals surface area (Å²) >= 11 is 1.73. The van der Waals surface area contributed by atoms with Gasteiger partial charge in [0, 0.05) is 37.6 Å². The van der Waals surface area contributed by atoms with E-state index in [4.69, 9.17) is 15.1 Å². The molecule has 7 heteroatoms. The minimum Gasteiger partial charge on any atom is -0.395 e. The van der Waals surface area contributed by atoms with E-state index in [9.17, 15) is 0 Å². The number of aliphatic hydroxyl groups is 1. The van der Waals surface area contributed by atoms with E-state index in [0.29, 0.717) is 6.54 Å². The Morgan fingerprint density at radius 2 is 2.05 bits per heavy atom. The number of rotatable bonds is 5. The van der Waals surface area contributed by atoms with E-state index in [2.05, 4.69) is 35.2 Å². The van der Waals surface area contributed by atoms with Crippen molar-refractivity contribution in [3.63, 3.8) is 0 Å². The summed E-state index contributed by atoms with van der Waals surface area (Å²) in [4.78, 5) is 16.4. The Morgan fingerprint density at radius 3 is 2.73 bits per heavy atom. The Balaban J connectivity index is 1.96. The van der Waals surface area contributed by atoms with Gasteiger partial charge in [0.15, 0.2) is 0 Å². The van der Waals surface area contributed by atoms with E-state index in [1.165, 1.54) is 4.88 Å². The third kappa shape index (κ3) is 3.16. The van der Waals surface area contributed by atoms with Crippen molar-refractivity contribution in [2.45, 2.75) is 13.3 Å². The quantitative estimate of drug-likeness (QED) is 0.868. The molecular formula is C15H23N5OS. The molecule has 0 spiro atoms. The first-order chi connectivity index (χ1) is 10.7. The van der Waals surface area contributed by atoms with Crippen LogP contribution in [0, 0.1) is 0 Å². The van der Waals surface area contributed by atoms with Gasteiger partial charge in [-0.1, -0.05) is 6.92 Å². The number of aromatic nitrogens is 2. The Labute approximate surface area is 134 Å². The molecule has 2 aromatic rings. The van der Waals surface area contributed by atoms with E-state index >= 15 is 0 Å². The molecule has 2 N–H and O–H groups in total. The number of fused-ring (bicyclic) bond motifs is 1. The Morgan fingerprint density at radius 1 is 1.27 bits per heavy atom. The zero-order chi connectivity index (χ0) is 15.5. The van der Waals surface area contributed by atoms with E-state index in [1.54, 1.807) is 11.3 Å².